The van der Waals surface area contributed by atoms with Crippen LogP contribution in [0.3, 0.4) is 0 Å². The van der Waals surface area contributed by atoms with Gasteiger partial charge in [-0.15, -0.1) is 0 Å². The highest BCUT2D eigenvalue weighted by atomic mass is 79.9. The molecule has 0 unspecified atom stereocenters. The van der Waals surface area contributed by atoms with Crippen molar-refractivity contribution in [2.24, 2.45) is 0 Å². The predicted octanol–water partition coefficient (Wildman–Crippen LogP) is 3.82. The summed E-state index contributed by atoms with van der Waals surface area (Å²) in [6.45, 7) is 7.79. The van der Waals surface area contributed by atoms with Gasteiger partial charge in [-0.3, -0.25) is 4.79 Å². The lowest BCUT2D eigenvalue weighted by atomic mass is 10.1. The number of hydrogen-bond donors (Lipinski definition) is 2. The van der Waals surface area contributed by atoms with E-state index < -0.39 is 0 Å². The van der Waals surface area contributed by atoms with Gasteiger partial charge in [0.15, 0.2) is 0 Å². The van der Waals surface area contributed by atoms with Gasteiger partial charge >= 0.3 is 0 Å². The zero-order chi connectivity index (χ0) is 16.3. The molecule has 1 aromatic heterocycles. The smallest absolute Gasteiger partial charge is 0.270 e. The summed E-state index contributed by atoms with van der Waals surface area (Å²) >= 11 is 3.49. The summed E-state index contributed by atoms with van der Waals surface area (Å²) in [6, 6.07) is 7.46. The lowest BCUT2D eigenvalue weighted by molar-refractivity contribution is 0.0914. The van der Waals surface area contributed by atoms with Gasteiger partial charge in [-0.05, 0) is 51.5 Å². The molecule has 0 bridgehead atoms. The van der Waals surface area contributed by atoms with E-state index in [0.29, 0.717) is 11.6 Å². The molecule has 0 saturated heterocycles. The minimum Gasteiger partial charge on any atom is -0.346 e. The van der Waals surface area contributed by atoms with Crippen molar-refractivity contribution in [3.8, 4) is 0 Å². The van der Waals surface area contributed by atoms with Crippen LogP contribution < -0.4 is 10.6 Å². The fourth-order valence-corrected chi connectivity index (χ4v) is 2.13. The van der Waals surface area contributed by atoms with E-state index in [9.17, 15) is 4.79 Å². The highest BCUT2D eigenvalue weighted by Gasteiger charge is 2.16. The van der Waals surface area contributed by atoms with E-state index >= 15 is 0 Å². The number of aromatic nitrogens is 2. The average molecular weight is 363 g/mol. The zero-order valence-electron chi connectivity index (χ0n) is 13.1. The Morgan fingerprint density at radius 2 is 1.95 bits per heavy atom. The summed E-state index contributed by atoms with van der Waals surface area (Å²) in [4.78, 5) is 20.5. The Hall–Kier alpha value is -1.95. The van der Waals surface area contributed by atoms with Crippen molar-refractivity contribution < 1.29 is 4.79 Å². The molecule has 116 valence electrons. The molecule has 0 spiro atoms. The van der Waals surface area contributed by atoms with Crippen LogP contribution in [0.15, 0.2) is 34.9 Å². The third kappa shape index (κ3) is 4.53. The molecule has 0 aliphatic carbocycles. The van der Waals surface area contributed by atoms with Crippen LogP contribution in [0.5, 0.6) is 0 Å². The molecule has 0 fully saturated rings. The lowest BCUT2D eigenvalue weighted by Gasteiger charge is -2.20. The minimum absolute atomic E-state index is 0.219. The van der Waals surface area contributed by atoms with E-state index in [1.807, 2.05) is 45.9 Å². The van der Waals surface area contributed by atoms with Crippen molar-refractivity contribution >= 4 is 33.5 Å². The number of carbonyl (C=O) groups excluding carboxylic acids is 1. The van der Waals surface area contributed by atoms with Gasteiger partial charge < -0.3 is 10.6 Å². The number of anilines is 2. The first-order valence-electron chi connectivity index (χ1n) is 6.93. The van der Waals surface area contributed by atoms with Gasteiger partial charge in [0.1, 0.15) is 5.69 Å². The Bertz CT molecular complexity index is 695. The number of aryl methyl sites for hydroxylation is 1. The molecular weight excluding hydrogens is 344 g/mol. The summed E-state index contributed by atoms with van der Waals surface area (Å²) in [6.07, 6.45) is 1.57. The number of nitrogens with zero attached hydrogens (tertiary/aromatic N) is 2. The van der Waals surface area contributed by atoms with E-state index in [-0.39, 0.29) is 11.4 Å². The van der Waals surface area contributed by atoms with Gasteiger partial charge in [0, 0.05) is 21.9 Å². The van der Waals surface area contributed by atoms with Crippen molar-refractivity contribution in [3.63, 3.8) is 0 Å². The fraction of sp³-hybridized carbons (Fsp3) is 0.312. The van der Waals surface area contributed by atoms with Crippen molar-refractivity contribution in [3.05, 3.63) is 46.2 Å². The second-order valence-corrected chi connectivity index (χ2v) is 6.91. The molecule has 0 saturated carbocycles. The molecule has 1 aromatic carbocycles. The summed E-state index contributed by atoms with van der Waals surface area (Å²) < 4.78 is 0.999. The van der Waals surface area contributed by atoms with Gasteiger partial charge in [-0.2, -0.15) is 0 Å². The number of nitrogens with one attached hydrogen (secondary N) is 2. The molecule has 0 aliphatic heterocycles. The predicted molar refractivity (Wildman–Crippen MR) is 91.4 cm³/mol. The average Bonchev–Trinajstić information content (AvgIpc) is 2.41. The van der Waals surface area contributed by atoms with Crippen LogP contribution >= 0.6 is 15.9 Å². The van der Waals surface area contributed by atoms with E-state index in [2.05, 4.69) is 36.5 Å². The summed E-state index contributed by atoms with van der Waals surface area (Å²) in [7, 11) is 0. The van der Waals surface area contributed by atoms with Crippen LogP contribution in [0.1, 0.15) is 36.8 Å². The first-order chi connectivity index (χ1) is 10.2. The quantitative estimate of drug-likeness (QED) is 0.870. The van der Waals surface area contributed by atoms with Gasteiger partial charge in [-0.1, -0.05) is 22.0 Å². The normalized spacial score (nSPS) is 11.1. The summed E-state index contributed by atoms with van der Waals surface area (Å²) in [5, 5.41) is 5.98. The van der Waals surface area contributed by atoms with E-state index in [1.165, 1.54) is 0 Å². The van der Waals surface area contributed by atoms with Crippen molar-refractivity contribution in [2.75, 3.05) is 5.32 Å². The molecule has 1 amide bonds. The van der Waals surface area contributed by atoms with Gasteiger partial charge in [-0.25, -0.2) is 9.97 Å². The number of amides is 1. The Morgan fingerprint density at radius 1 is 1.23 bits per heavy atom. The van der Waals surface area contributed by atoms with Gasteiger partial charge in [0.2, 0.25) is 5.95 Å². The second-order valence-electron chi connectivity index (χ2n) is 6.06. The van der Waals surface area contributed by atoms with Crippen molar-refractivity contribution in [2.45, 2.75) is 33.2 Å². The number of carbonyl (C=O) groups is 1. The highest BCUT2D eigenvalue weighted by Crippen LogP contribution is 2.22. The van der Waals surface area contributed by atoms with Gasteiger partial charge in [0.05, 0.1) is 0 Å². The molecule has 2 N–H and O–H groups in total. The number of hydrogen-bond acceptors (Lipinski definition) is 4. The van der Waals surface area contributed by atoms with Crippen molar-refractivity contribution in [1.29, 1.82) is 0 Å². The molecule has 2 aromatic rings. The first kappa shape index (κ1) is 16.4. The molecule has 0 radical (unpaired) electrons. The maximum absolute atomic E-state index is 12.1. The third-order valence-corrected chi connectivity index (χ3v) is 3.66. The standard InChI is InChI=1S/C16H19BrN4O/c1-10-5-6-11(9-12(10)17)19-15-18-8-7-13(20-15)14(22)21-16(2,3)4/h5-9H,1-4H3,(H,21,22)(H,18,19,20). The second kappa shape index (κ2) is 6.44. The summed E-state index contributed by atoms with van der Waals surface area (Å²) in [5.41, 5.74) is 2.02. The Morgan fingerprint density at radius 3 is 2.59 bits per heavy atom. The van der Waals surface area contributed by atoms with Crippen LogP contribution in [0, 0.1) is 6.92 Å². The van der Waals surface area contributed by atoms with Crippen LogP contribution in [0.25, 0.3) is 0 Å². The largest absolute Gasteiger partial charge is 0.346 e. The number of rotatable bonds is 3. The molecule has 22 heavy (non-hydrogen) atoms. The third-order valence-electron chi connectivity index (χ3n) is 2.80. The molecule has 6 heteroatoms. The maximum atomic E-state index is 12.1. The first-order valence-corrected chi connectivity index (χ1v) is 7.73. The Labute approximate surface area is 138 Å². The van der Waals surface area contributed by atoms with Crippen LogP contribution in [-0.2, 0) is 0 Å². The zero-order valence-corrected chi connectivity index (χ0v) is 14.7. The molecule has 0 aliphatic rings. The monoisotopic (exact) mass is 362 g/mol. The SMILES string of the molecule is Cc1ccc(Nc2nccc(C(=O)NC(C)(C)C)n2)cc1Br. The molecule has 1 heterocycles. The van der Waals surface area contributed by atoms with E-state index in [4.69, 9.17) is 0 Å². The molecule has 5 nitrogen and oxygen atoms in total. The topological polar surface area (TPSA) is 66.9 Å². The number of halogens is 1. The van der Waals surface area contributed by atoms with Crippen LogP contribution in [-0.4, -0.2) is 21.4 Å². The minimum atomic E-state index is -0.308. The summed E-state index contributed by atoms with van der Waals surface area (Å²) in [5.74, 6) is 0.167. The Kier molecular flexibility index (Phi) is 4.81. The molecule has 2 rings (SSSR count). The molecule has 0 atom stereocenters. The fourth-order valence-electron chi connectivity index (χ4n) is 1.75. The van der Waals surface area contributed by atoms with E-state index in [1.54, 1.807) is 12.3 Å². The van der Waals surface area contributed by atoms with Crippen LogP contribution in [0.4, 0.5) is 11.6 Å². The van der Waals surface area contributed by atoms with E-state index in [0.717, 1.165) is 15.7 Å². The number of benzene rings is 1. The van der Waals surface area contributed by atoms with Crippen molar-refractivity contribution in [1.82, 2.24) is 15.3 Å². The van der Waals surface area contributed by atoms with Gasteiger partial charge in [0.25, 0.3) is 5.91 Å². The van der Waals surface area contributed by atoms with Crippen LogP contribution in [0.2, 0.25) is 0 Å². The highest BCUT2D eigenvalue weighted by molar-refractivity contribution is 9.10. The molecular formula is C16H19BrN4O. The maximum Gasteiger partial charge on any atom is 0.270 e. The Balaban J connectivity index is 2.17. The lowest BCUT2D eigenvalue weighted by Crippen LogP contribution is -2.41.